The second-order valence-corrected chi connectivity index (χ2v) is 10.6. The van der Waals surface area contributed by atoms with Gasteiger partial charge in [0.2, 0.25) is 11.8 Å². The summed E-state index contributed by atoms with van der Waals surface area (Å²) in [4.78, 5) is 43.2. The molecule has 0 unspecified atom stereocenters. The first kappa shape index (κ1) is 29.0. The smallest absolute Gasteiger partial charge is 0.387 e. The van der Waals surface area contributed by atoms with Crippen LogP contribution in [0.3, 0.4) is 0 Å². The molecule has 2 aromatic rings. The Morgan fingerprint density at radius 2 is 1.87 bits per heavy atom. The van der Waals surface area contributed by atoms with Gasteiger partial charge in [-0.2, -0.15) is 8.78 Å². The topological polar surface area (TPSA) is 114 Å². The summed E-state index contributed by atoms with van der Waals surface area (Å²) >= 11 is 1.13. The molecular weight excluding hydrogens is 518 g/mol. The zero-order chi connectivity index (χ0) is 28.0. The summed E-state index contributed by atoms with van der Waals surface area (Å²) in [6.07, 6.45) is 1.39. The number of nitro groups is 1. The van der Waals surface area contributed by atoms with Crippen molar-refractivity contribution in [1.82, 2.24) is 4.90 Å². The molecule has 9 nitrogen and oxygen atoms in total. The Morgan fingerprint density at radius 1 is 1.18 bits per heavy atom. The molecular formula is C26H30F2N4O5S. The SMILES string of the molecule is Cc1ccc(NC(=O)C[C@@H]2SC(=Nc3ccc(OC(F)F)cc3)N([C@H](C)CCC(C)C)C2=O)c([N+](=O)[O-])c1. The summed E-state index contributed by atoms with van der Waals surface area (Å²) in [6, 6.07) is 10.0. The quantitative estimate of drug-likeness (QED) is 0.261. The van der Waals surface area contributed by atoms with Crippen LogP contribution in [0.5, 0.6) is 5.75 Å². The fraction of sp³-hybridized carbons (Fsp3) is 0.423. The third kappa shape index (κ3) is 7.73. The van der Waals surface area contributed by atoms with Crippen molar-refractivity contribution in [2.45, 2.75) is 64.9 Å². The number of carbonyl (C=O) groups excluding carboxylic acids is 2. The minimum Gasteiger partial charge on any atom is -0.435 e. The zero-order valence-corrected chi connectivity index (χ0v) is 22.3. The van der Waals surface area contributed by atoms with E-state index >= 15 is 0 Å². The number of ether oxygens (including phenoxy) is 1. The van der Waals surface area contributed by atoms with Gasteiger partial charge in [0.1, 0.15) is 16.7 Å². The van der Waals surface area contributed by atoms with Crippen LogP contribution in [-0.2, 0) is 9.59 Å². The number of amides is 2. The van der Waals surface area contributed by atoms with Gasteiger partial charge in [0, 0.05) is 18.5 Å². The predicted molar refractivity (Wildman–Crippen MR) is 143 cm³/mol. The highest BCUT2D eigenvalue weighted by Gasteiger charge is 2.41. The fourth-order valence-electron chi connectivity index (χ4n) is 3.88. The molecule has 0 radical (unpaired) electrons. The molecule has 0 aromatic heterocycles. The number of hydrogen-bond acceptors (Lipinski definition) is 7. The molecule has 1 N–H and O–H groups in total. The van der Waals surface area contributed by atoms with Crippen molar-refractivity contribution in [3.63, 3.8) is 0 Å². The third-order valence-electron chi connectivity index (χ3n) is 5.85. The monoisotopic (exact) mass is 548 g/mol. The number of nitrogens with one attached hydrogen (secondary N) is 1. The van der Waals surface area contributed by atoms with Gasteiger partial charge in [-0.25, -0.2) is 4.99 Å². The van der Waals surface area contributed by atoms with Crippen LogP contribution in [-0.4, -0.2) is 44.7 Å². The molecule has 0 saturated carbocycles. The van der Waals surface area contributed by atoms with Gasteiger partial charge in [0.25, 0.3) is 5.69 Å². The lowest BCUT2D eigenvalue weighted by molar-refractivity contribution is -0.384. The Balaban J connectivity index is 1.81. The number of anilines is 1. The van der Waals surface area contributed by atoms with Crippen LogP contribution in [0.1, 0.15) is 45.6 Å². The van der Waals surface area contributed by atoms with Crippen molar-refractivity contribution in [2.24, 2.45) is 10.9 Å². The van der Waals surface area contributed by atoms with Gasteiger partial charge in [0.15, 0.2) is 5.17 Å². The van der Waals surface area contributed by atoms with Crippen LogP contribution in [0.2, 0.25) is 0 Å². The molecule has 2 atom stereocenters. The van der Waals surface area contributed by atoms with Gasteiger partial charge in [-0.3, -0.25) is 24.6 Å². The molecule has 2 amide bonds. The molecule has 0 bridgehead atoms. The predicted octanol–water partition coefficient (Wildman–Crippen LogP) is 6.29. The van der Waals surface area contributed by atoms with E-state index in [-0.39, 0.29) is 35.5 Å². The van der Waals surface area contributed by atoms with Gasteiger partial charge in [-0.15, -0.1) is 0 Å². The Hall–Kier alpha value is -3.54. The van der Waals surface area contributed by atoms with Crippen molar-refractivity contribution in [2.75, 3.05) is 5.32 Å². The van der Waals surface area contributed by atoms with Crippen molar-refractivity contribution in [3.05, 3.63) is 58.1 Å². The maximum atomic E-state index is 13.4. The molecule has 1 fully saturated rings. The molecule has 2 aromatic carbocycles. The number of nitrogens with zero attached hydrogens (tertiary/aromatic N) is 3. The first-order valence-corrected chi connectivity index (χ1v) is 13.0. The molecule has 12 heteroatoms. The minimum atomic E-state index is -2.94. The molecule has 0 aliphatic carbocycles. The Kier molecular flexibility index (Phi) is 9.78. The number of alkyl halides is 2. The molecule has 3 rings (SSSR count). The maximum Gasteiger partial charge on any atom is 0.387 e. The van der Waals surface area contributed by atoms with E-state index in [9.17, 15) is 28.5 Å². The van der Waals surface area contributed by atoms with E-state index in [1.165, 1.54) is 36.4 Å². The van der Waals surface area contributed by atoms with Gasteiger partial charge < -0.3 is 10.1 Å². The summed E-state index contributed by atoms with van der Waals surface area (Å²) in [6.45, 7) is 4.85. The molecule has 38 heavy (non-hydrogen) atoms. The molecule has 0 spiro atoms. The number of nitro benzene ring substituents is 1. The Morgan fingerprint density at radius 3 is 2.47 bits per heavy atom. The van der Waals surface area contributed by atoms with Gasteiger partial charge in [0.05, 0.1) is 10.6 Å². The average Bonchev–Trinajstić information content (AvgIpc) is 3.13. The zero-order valence-electron chi connectivity index (χ0n) is 21.5. The second kappa shape index (κ2) is 12.8. The molecule has 1 heterocycles. The van der Waals surface area contributed by atoms with Gasteiger partial charge in [-0.1, -0.05) is 31.7 Å². The summed E-state index contributed by atoms with van der Waals surface area (Å²) < 4.78 is 29.3. The second-order valence-electron chi connectivity index (χ2n) is 9.43. The van der Waals surface area contributed by atoms with Gasteiger partial charge in [-0.05, 0) is 68.5 Å². The molecule has 204 valence electrons. The Labute approximate surface area is 223 Å². The molecule has 1 aliphatic heterocycles. The third-order valence-corrected chi connectivity index (χ3v) is 7.00. The van der Waals surface area contributed by atoms with Crippen LogP contribution < -0.4 is 10.1 Å². The van der Waals surface area contributed by atoms with E-state index in [1.54, 1.807) is 17.9 Å². The van der Waals surface area contributed by atoms with E-state index in [0.29, 0.717) is 22.3 Å². The minimum absolute atomic E-state index is 0.0130. The summed E-state index contributed by atoms with van der Waals surface area (Å²) in [5.74, 6) is -0.401. The number of benzene rings is 2. The number of carbonyl (C=O) groups is 2. The lowest BCUT2D eigenvalue weighted by Gasteiger charge is -2.25. The lowest BCUT2D eigenvalue weighted by Crippen LogP contribution is -2.40. The standard InChI is InChI=1S/C26H30F2N4O5S/c1-15(2)5-7-17(4)31-24(34)22(14-23(33)30-20-12-6-16(3)13-21(20)32(35)36)38-26(31)29-18-8-10-19(11-9-18)37-25(27)28/h6,8-13,15,17,22,25H,5,7,14H2,1-4H3,(H,30,33)/t17-,22+/m1/s1. The van der Waals surface area contributed by atoms with Crippen LogP contribution >= 0.6 is 11.8 Å². The van der Waals surface area contributed by atoms with Crippen molar-refractivity contribution >= 4 is 45.8 Å². The number of aliphatic imine (C=N–C) groups is 1. The normalized spacial score (nSPS) is 17.4. The number of rotatable bonds is 11. The van der Waals surface area contributed by atoms with Crippen LogP contribution in [0.25, 0.3) is 0 Å². The maximum absolute atomic E-state index is 13.4. The highest BCUT2D eigenvalue weighted by molar-refractivity contribution is 8.15. The van der Waals surface area contributed by atoms with Crippen LogP contribution in [0.4, 0.5) is 25.8 Å². The highest BCUT2D eigenvalue weighted by Crippen LogP contribution is 2.35. The number of aryl methyl sites for hydroxylation is 1. The summed E-state index contributed by atoms with van der Waals surface area (Å²) in [5, 5.41) is 13.6. The molecule has 1 aliphatic rings. The number of halogens is 2. The fourth-order valence-corrected chi connectivity index (χ4v) is 5.13. The number of thioether (sulfide) groups is 1. The van der Waals surface area contributed by atoms with Crippen molar-refractivity contribution in [1.29, 1.82) is 0 Å². The van der Waals surface area contributed by atoms with E-state index in [1.807, 2.05) is 6.92 Å². The highest BCUT2D eigenvalue weighted by atomic mass is 32.2. The average molecular weight is 549 g/mol. The first-order chi connectivity index (χ1) is 17.9. The van der Waals surface area contributed by atoms with Crippen LogP contribution in [0.15, 0.2) is 47.5 Å². The van der Waals surface area contributed by atoms with E-state index in [0.717, 1.165) is 24.6 Å². The van der Waals surface area contributed by atoms with E-state index < -0.39 is 22.7 Å². The summed E-state index contributed by atoms with van der Waals surface area (Å²) in [7, 11) is 0. The van der Waals surface area contributed by atoms with Gasteiger partial charge >= 0.3 is 6.61 Å². The number of hydrogen-bond donors (Lipinski definition) is 1. The van der Waals surface area contributed by atoms with Crippen molar-refractivity contribution < 1.29 is 28.0 Å². The Bertz CT molecular complexity index is 1210. The summed E-state index contributed by atoms with van der Waals surface area (Å²) in [5.41, 5.74) is 0.942. The largest absolute Gasteiger partial charge is 0.435 e. The first-order valence-electron chi connectivity index (χ1n) is 12.1. The van der Waals surface area contributed by atoms with E-state index in [2.05, 4.69) is 28.9 Å². The molecule has 1 saturated heterocycles. The van der Waals surface area contributed by atoms with E-state index in [4.69, 9.17) is 0 Å². The van der Waals surface area contributed by atoms with Crippen LogP contribution in [0, 0.1) is 23.0 Å². The lowest BCUT2D eigenvalue weighted by atomic mass is 10.0. The van der Waals surface area contributed by atoms with Crippen molar-refractivity contribution in [3.8, 4) is 5.75 Å². The number of amidine groups is 1.